The summed E-state index contributed by atoms with van der Waals surface area (Å²) in [4.78, 5) is 11.7. The molecule has 3 unspecified atom stereocenters. The smallest absolute Gasteiger partial charge is 0.325 e. The van der Waals surface area contributed by atoms with Gasteiger partial charge in [0, 0.05) is 6.61 Å². The molecule has 3 atom stereocenters. The van der Waals surface area contributed by atoms with Crippen LogP contribution in [0.15, 0.2) is 0 Å². The molecule has 0 saturated heterocycles. The molecule has 1 fully saturated rings. The van der Waals surface area contributed by atoms with Gasteiger partial charge in [-0.15, -0.1) is 0 Å². The lowest BCUT2D eigenvalue weighted by Gasteiger charge is -2.31. The Kier molecular flexibility index (Phi) is 7.52. The Balaban J connectivity index is 2.25. The zero-order chi connectivity index (χ0) is 15.0. The molecule has 0 radical (unpaired) electrons. The first kappa shape index (κ1) is 17.4. The number of ether oxygens (including phenoxy) is 2. The van der Waals surface area contributed by atoms with E-state index in [2.05, 4.69) is 6.92 Å². The average molecular weight is 285 g/mol. The number of hydrogen-bond acceptors (Lipinski definition) is 4. The molecule has 2 N–H and O–H groups in total. The Hall–Kier alpha value is -0.610. The molecule has 1 aliphatic carbocycles. The van der Waals surface area contributed by atoms with Gasteiger partial charge >= 0.3 is 5.97 Å². The van der Waals surface area contributed by atoms with Gasteiger partial charge in [0.25, 0.3) is 0 Å². The van der Waals surface area contributed by atoms with Gasteiger partial charge in [-0.3, -0.25) is 4.79 Å². The molecule has 0 bridgehead atoms. The fraction of sp³-hybridized carbons (Fsp3) is 0.938. The van der Waals surface area contributed by atoms with Crippen LogP contribution in [0.25, 0.3) is 0 Å². The Morgan fingerprint density at radius 2 is 2.00 bits per heavy atom. The van der Waals surface area contributed by atoms with Crippen molar-refractivity contribution in [1.29, 1.82) is 0 Å². The van der Waals surface area contributed by atoms with E-state index < -0.39 is 5.54 Å². The van der Waals surface area contributed by atoms with Crippen LogP contribution in [-0.4, -0.2) is 30.8 Å². The Bertz CT molecular complexity index is 291. The van der Waals surface area contributed by atoms with Gasteiger partial charge < -0.3 is 15.2 Å². The van der Waals surface area contributed by atoms with Crippen LogP contribution in [0.3, 0.4) is 0 Å². The van der Waals surface area contributed by atoms with E-state index in [-0.39, 0.29) is 5.97 Å². The third kappa shape index (κ3) is 5.41. The van der Waals surface area contributed by atoms with Crippen molar-refractivity contribution in [3.8, 4) is 0 Å². The van der Waals surface area contributed by atoms with Crippen molar-refractivity contribution in [2.45, 2.75) is 77.4 Å². The largest absolute Gasteiger partial charge is 0.465 e. The highest BCUT2D eigenvalue weighted by molar-refractivity contribution is 5.79. The highest BCUT2D eigenvalue weighted by Gasteiger charge is 2.30. The lowest BCUT2D eigenvalue weighted by atomic mass is 9.85. The fourth-order valence-electron chi connectivity index (χ4n) is 2.93. The summed E-state index contributed by atoms with van der Waals surface area (Å²) in [5.41, 5.74) is 5.10. The first-order valence-electron chi connectivity index (χ1n) is 8.09. The van der Waals surface area contributed by atoms with E-state index in [0.717, 1.165) is 6.42 Å². The molecule has 1 saturated carbocycles. The second-order valence-electron chi connectivity index (χ2n) is 6.10. The molecule has 4 heteroatoms. The molecule has 0 aromatic heterocycles. The number of carbonyl (C=O) groups excluding carboxylic acids is 1. The molecule has 1 rings (SSSR count). The zero-order valence-electron chi connectivity index (χ0n) is 13.3. The van der Waals surface area contributed by atoms with Crippen molar-refractivity contribution in [3.63, 3.8) is 0 Å². The van der Waals surface area contributed by atoms with Gasteiger partial charge in [0.05, 0.1) is 12.7 Å². The SMILES string of the molecule is CCOC(=O)C(C)(N)CCCOC1CCCCC1CC. The van der Waals surface area contributed by atoms with Crippen molar-refractivity contribution in [2.24, 2.45) is 11.7 Å². The molecule has 0 amide bonds. The molecule has 0 aromatic rings. The molecule has 0 aliphatic heterocycles. The topological polar surface area (TPSA) is 61.5 Å². The van der Waals surface area contributed by atoms with Gasteiger partial charge in [0.15, 0.2) is 0 Å². The lowest BCUT2D eigenvalue weighted by molar-refractivity contribution is -0.149. The standard InChI is InChI=1S/C16H31NO3/c1-4-13-9-6-7-10-14(13)20-12-8-11-16(3,17)15(18)19-5-2/h13-14H,4-12,17H2,1-3H3. The molecule has 0 aromatic carbocycles. The highest BCUT2D eigenvalue weighted by atomic mass is 16.5. The van der Waals surface area contributed by atoms with Crippen LogP contribution in [0.5, 0.6) is 0 Å². The molecule has 0 heterocycles. The van der Waals surface area contributed by atoms with E-state index in [1.165, 1.54) is 32.1 Å². The number of esters is 1. The van der Waals surface area contributed by atoms with E-state index in [1.54, 1.807) is 13.8 Å². The Morgan fingerprint density at radius 3 is 2.65 bits per heavy atom. The van der Waals surface area contributed by atoms with E-state index in [1.807, 2.05) is 0 Å². The summed E-state index contributed by atoms with van der Waals surface area (Å²) in [6.45, 7) is 6.84. The van der Waals surface area contributed by atoms with Crippen LogP contribution in [0.2, 0.25) is 0 Å². The molecule has 118 valence electrons. The van der Waals surface area contributed by atoms with Gasteiger partial charge in [-0.25, -0.2) is 0 Å². The summed E-state index contributed by atoms with van der Waals surface area (Å²) in [7, 11) is 0. The second-order valence-corrected chi connectivity index (χ2v) is 6.10. The van der Waals surface area contributed by atoms with Crippen LogP contribution in [0, 0.1) is 5.92 Å². The normalized spacial score (nSPS) is 26.0. The predicted octanol–water partition coefficient (Wildman–Crippen LogP) is 3.03. The summed E-state index contributed by atoms with van der Waals surface area (Å²) in [5.74, 6) is 0.391. The van der Waals surface area contributed by atoms with Crippen molar-refractivity contribution < 1.29 is 14.3 Å². The lowest BCUT2D eigenvalue weighted by Crippen LogP contribution is -2.46. The minimum atomic E-state index is -0.893. The van der Waals surface area contributed by atoms with Crippen molar-refractivity contribution in [3.05, 3.63) is 0 Å². The van der Waals surface area contributed by atoms with Gasteiger partial charge in [-0.2, -0.15) is 0 Å². The maximum absolute atomic E-state index is 11.7. The molecular weight excluding hydrogens is 254 g/mol. The molecule has 0 spiro atoms. The summed E-state index contributed by atoms with van der Waals surface area (Å²) in [6.07, 6.45) is 8.09. The number of rotatable bonds is 8. The van der Waals surface area contributed by atoms with Crippen molar-refractivity contribution in [2.75, 3.05) is 13.2 Å². The minimum Gasteiger partial charge on any atom is -0.465 e. The van der Waals surface area contributed by atoms with Crippen molar-refractivity contribution in [1.82, 2.24) is 0 Å². The van der Waals surface area contributed by atoms with Crippen LogP contribution < -0.4 is 5.73 Å². The van der Waals surface area contributed by atoms with E-state index in [9.17, 15) is 4.79 Å². The summed E-state index contributed by atoms with van der Waals surface area (Å²) >= 11 is 0. The van der Waals surface area contributed by atoms with Crippen molar-refractivity contribution >= 4 is 5.97 Å². The average Bonchev–Trinajstić information content (AvgIpc) is 2.44. The van der Waals surface area contributed by atoms with Crippen LogP contribution in [-0.2, 0) is 14.3 Å². The van der Waals surface area contributed by atoms with E-state index in [4.69, 9.17) is 15.2 Å². The maximum atomic E-state index is 11.7. The highest BCUT2D eigenvalue weighted by Crippen LogP contribution is 2.29. The summed E-state index contributed by atoms with van der Waals surface area (Å²) in [6, 6.07) is 0. The number of hydrogen-bond donors (Lipinski definition) is 1. The number of carbonyl (C=O) groups is 1. The van der Waals surface area contributed by atoms with E-state index in [0.29, 0.717) is 31.7 Å². The van der Waals surface area contributed by atoms with E-state index >= 15 is 0 Å². The third-order valence-electron chi connectivity index (χ3n) is 4.28. The first-order chi connectivity index (χ1) is 9.51. The molecule has 20 heavy (non-hydrogen) atoms. The van der Waals surface area contributed by atoms with Gasteiger partial charge in [-0.05, 0) is 45.4 Å². The first-order valence-corrected chi connectivity index (χ1v) is 8.09. The van der Waals surface area contributed by atoms with Gasteiger partial charge in [-0.1, -0.05) is 26.2 Å². The quantitative estimate of drug-likeness (QED) is 0.550. The molecule has 1 aliphatic rings. The van der Waals surface area contributed by atoms with Gasteiger partial charge in [0.1, 0.15) is 5.54 Å². The maximum Gasteiger partial charge on any atom is 0.325 e. The monoisotopic (exact) mass is 285 g/mol. The molecular formula is C16H31NO3. The van der Waals surface area contributed by atoms with Crippen LogP contribution >= 0.6 is 0 Å². The minimum absolute atomic E-state index is 0.316. The Morgan fingerprint density at radius 1 is 1.30 bits per heavy atom. The van der Waals surface area contributed by atoms with Gasteiger partial charge in [0.2, 0.25) is 0 Å². The predicted molar refractivity (Wildman–Crippen MR) is 80.4 cm³/mol. The second kappa shape index (κ2) is 8.63. The third-order valence-corrected chi connectivity index (χ3v) is 4.28. The summed E-state index contributed by atoms with van der Waals surface area (Å²) < 4.78 is 11.0. The summed E-state index contributed by atoms with van der Waals surface area (Å²) in [5, 5.41) is 0. The molecule has 4 nitrogen and oxygen atoms in total. The van der Waals surface area contributed by atoms with Crippen LogP contribution in [0.4, 0.5) is 0 Å². The fourth-order valence-corrected chi connectivity index (χ4v) is 2.93. The van der Waals surface area contributed by atoms with Crippen LogP contribution in [0.1, 0.15) is 65.7 Å². The number of nitrogens with two attached hydrogens (primary N) is 1. The Labute approximate surface area is 123 Å². The zero-order valence-corrected chi connectivity index (χ0v) is 13.3.